The van der Waals surface area contributed by atoms with Crippen molar-refractivity contribution in [1.82, 2.24) is 9.55 Å². The lowest BCUT2D eigenvalue weighted by molar-refractivity contribution is -0.0241. The summed E-state index contributed by atoms with van der Waals surface area (Å²) in [6.45, 7) is 4.50. The van der Waals surface area contributed by atoms with Crippen LogP contribution in [0.25, 0.3) is 0 Å². The molecule has 1 fully saturated rings. The molecular formula is C14H21N3O5S. The molecule has 1 aromatic rings. The van der Waals surface area contributed by atoms with Crippen molar-refractivity contribution in [2.24, 2.45) is 5.92 Å². The van der Waals surface area contributed by atoms with Gasteiger partial charge in [-0.1, -0.05) is 13.8 Å². The van der Waals surface area contributed by atoms with Gasteiger partial charge in [-0.2, -0.15) is 4.98 Å². The Bertz CT molecular complexity index is 592. The third-order valence-electron chi connectivity index (χ3n) is 3.15. The van der Waals surface area contributed by atoms with E-state index in [9.17, 15) is 9.59 Å². The maximum Gasteiger partial charge on any atom is 0.508 e. The summed E-state index contributed by atoms with van der Waals surface area (Å²) in [7, 11) is 0. The second-order valence-electron chi connectivity index (χ2n) is 5.49. The summed E-state index contributed by atoms with van der Waals surface area (Å²) >= 11 is 1.46. The summed E-state index contributed by atoms with van der Waals surface area (Å²) in [6, 6.07) is 1.53. The number of thioether (sulfide) groups is 1. The predicted octanol–water partition coefficient (Wildman–Crippen LogP) is 1.61. The Hall–Kier alpha value is -1.74. The van der Waals surface area contributed by atoms with E-state index in [1.54, 1.807) is 6.20 Å². The van der Waals surface area contributed by atoms with E-state index in [1.165, 1.54) is 22.4 Å². The van der Waals surface area contributed by atoms with E-state index >= 15 is 0 Å². The SMILES string of the molecule is CC(C)CCOC(=O)OC[C@H]1O[C@@H](n2ccc(N)nc2=O)CS1. The minimum Gasteiger partial charge on any atom is -0.434 e. The molecule has 0 amide bonds. The summed E-state index contributed by atoms with van der Waals surface area (Å²) < 4.78 is 17.0. The van der Waals surface area contributed by atoms with Gasteiger partial charge in [0.2, 0.25) is 0 Å². The van der Waals surface area contributed by atoms with Gasteiger partial charge in [0, 0.05) is 11.9 Å². The molecule has 2 rings (SSSR count). The zero-order chi connectivity index (χ0) is 16.8. The second-order valence-corrected chi connectivity index (χ2v) is 6.68. The van der Waals surface area contributed by atoms with Gasteiger partial charge in [-0.05, 0) is 18.4 Å². The predicted molar refractivity (Wildman–Crippen MR) is 86.0 cm³/mol. The van der Waals surface area contributed by atoms with Crippen LogP contribution in [-0.4, -0.2) is 40.1 Å². The molecule has 0 bridgehead atoms. The first-order chi connectivity index (χ1) is 11.0. The third-order valence-corrected chi connectivity index (χ3v) is 4.24. The van der Waals surface area contributed by atoms with Crippen LogP contribution in [0.4, 0.5) is 10.6 Å². The standard InChI is InChI=1S/C14H21N3O5S/c1-9(2)4-6-20-14(19)21-7-12-22-11(8-23-12)17-5-3-10(15)16-13(17)18/h3,5,9,11-12H,4,6-8H2,1-2H3,(H2,15,16,18)/t11-,12+/m1/s1. The van der Waals surface area contributed by atoms with Gasteiger partial charge in [0.05, 0.1) is 6.61 Å². The number of anilines is 1. The van der Waals surface area contributed by atoms with Crippen LogP contribution in [0.3, 0.4) is 0 Å². The number of ether oxygens (including phenoxy) is 3. The highest BCUT2D eigenvalue weighted by molar-refractivity contribution is 8.00. The number of rotatable bonds is 6. The van der Waals surface area contributed by atoms with Crippen molar-refractivity contribution in [2.75, 3.05) is 24.7 Å². The van der Waals surface area contributed by atoms with E-state index in [-0.39, 0.29) is 17.9 Å². The number of carbonyl (C=O) groups excluding carboxylic acids is 1. The topological polar surface area (TPSA) is 106 Å². The average Bonchev–Trinajstić information content (AvgIpc) is 2.93. The first-order valence-electron chi connectivity index (χ1n) is 7.37. The fourth-order valence-corrected chi connectivity index (χ4v) is 2.87. The van der Waals surface area contributed by atoms with Gasteiger partial charge in [-0.3, -0.25) is 4.57 Å². The van der Waals surface area contributed by atoms with Crippen molar-refractivity contribution in [1.29, 1.82) is 0 Å². The minimum absolute atomic E-state index is 0.0683. The molecule has 128 valence electrons. The van der Waals surface area contributed by atoms with Crippen molar-refractivity contribution in [2.45, 2.75) is 31.9 Å². The second kappa shape index (κ2) is 8.21. The zero-order valence-corrected chi connectivity index (χ0v) is 14.0. The number of hydrogen-bond acceptors (Lipinski definition) is 8. The highest BCUT2D eigenvalue weighted by Crippen LogP contribution is 2.31. The highest BCUT2D eigenvalue weighted by atomic mass is 32.2. The Labute approximate surface area is 138 Å². The first kappa shape index (κ1) is 17.6. The van der Waals surface area contributed by atoms with Crippen molar-refractivity contribution in [3.05, 3.63) is 22.7 Å². The lowest BCUT2D eigenvalue weighted by atomic mass is 10.1. The Morgan fingerprint density at radius 1 is 1.57 bits per heavy atom. The van der Waals surface area contributed by atoms with Crippen LogP contribution >= 0.6 is 11.8 Å². The fourth-order valence-electron chi connectivity index (χ4n) is 1.88. The Morgan fingerprint density at radius 3 is 3.04 bits per heavy atom. The van der Waals surface area contributed by atoms with Crippen LogP contribution in [0.5, 0.6) is 0 Å². The molecule has 1 aliphatic rings. The number of carbonyl (C=O) groups is 1. The van der Waals surface area contributed by atoms with Gasteiger partial charge in [0.1, 0.15) is 24.1 Å². The van der Waals surface area contributed by atoms with Gasteiger partial charge >= 0.3 is 11.8 Å². The van der Waals surface area contributed by atoms with E-state index in [0.29, 0.717) is 18.3 Å². The molecule has 0 aliphatic carbocycles. The Morgan fingerprint density at radius 2 is 2.35 bits per heavy atom. The zero-order valence-electron chi connectivity index (χ0n) is 13.1. The number of nitrogen functional groups attached to an aromatic ring is 1. The molecular weight excluding hydrogens is 322 g/mol. The molecule has 2 heterocycles. The van der Waals surface area contributed by atoms with Gasteiger partial charge in [-0.15, -0.1) is 11.8 Å². The Kier molecular flexibility index (Phi) is 6.28. The minimum atomic E-state index is -0.704. The number of nitrogens with two attached hydrogens (primary N) is 1. The van der Waals surface area contributed by atoms with E-state index < -0.39 is 18.1 Å². The molecule has 0 radical (unpaired) electrons. The number of nitrogens with zero attached hydrogens (tertiary/aromatic N) is 2. The maximum absolute atomic E-state index is 11.8. The molecule has 0 spiro atoms. The van der Waals surface area contributed by atoms with E-state index in [1.807, 2.05) is 13.8 Å². The molecule has 0 saturated carbocycles. The summed E-state index contributed by atoms with van der Waals surface area (Å²) in [4.78, 5) is 26.8. The first-order valence-corrected chi connectivity index (χ1v) is 8.42. The molecule has 9 heteroatoms. The van der Waals surface area contributed by atoms with Crippen molar-refractivity contribution >= 4 is 23.7 Å². The summed E-state index contributed by atoms with van der Waals surface area (Å²) in [6.07, 6.45) is 1.17. The van der Waals surface area contributed by atoms with Crippen LogP contribution < -0.4 is 11.4 Å². The highest BCUT2D eigenvalue weighted by Gasteiger charge is 2.29. The molecule has 1 aliphatic heterocycles. The summed E-state index contributed by atoms with van der Waals surface area (Å²) in [5.41, 5.74) is 4.64. The van der Waals surface area contributed by atoms with Crippen LogP contribution in [-0.2, 0) is 14.2 Å². The Balaban J connectivity index is 1.75. The average molecular weight is 343 g/mol. The molecule has 1 saturated heterocycles. The lowest BCUT2D eigenvalue weighted by Gasteiger charge is -2.14. The molecule has 8 nitrogen and oxygen atoms in total. The molecule has 1 aromatic heterocycles. The van der Waals surface area contributed by atoms with Gasteiger partial charge in [0.15, 0.2) is 0 Å². The quantitative estimate of drug-likeness (QED) is 0.777. The molecule has 0 aromatic carbocycles. The number of hydrogen-bond donors (Lipinski definition) is 1. The molecule has 2 atom stereocenters. The van der Waals surface area contributed by atoms with E-state index in [2.05, 4.69) is 4.98 Å². The van der Waals surface area contributed by atoms with E-state index in [4.69, 9.17) is 19.9 Å². The third kappa shape index (κ3) is 5.43. The van der Waals surface area contributed by atoms with Crippen LogP contribution in [0.2, 0.25) is 0 Å². The fraction of sp³-hybridized carbons (Fsp3) is 0.643. The van der Waals surface area contributed by atoms with E-state index in [0.717, 1.165) is 6.42 Å². The monoisotopic (exact) mass is 343 g/mol. The summed E-state index contributed by atoms with van der Waals surface area (Å²) in [5.74, 6) is 1.19. The molecule has 23 heavy (non-hydrogen) atoms. The molecule has 0 unspecified atom stereocenters. The van der Waals surface area contributed by atoms with Gasteiger partial charge in [0.25, 0.3) is 0 Å². The van der Waals surface area contributed by atoms with Crippen molar-refractivity contribution in [3.8, 4) is 0 Å². The van der Waals surface area contributed by atoms with Crippen LogP contribution in [0.1, 0.15) is 26.5 Å². The normalized spacial score (nSPS) is 20.7. The van der Waals surface area contributed by atoms with Crippen molar-refractivity contribution < 1.29 is 19.0 Å². The van der Waals surface area contributed by atoms with Gasteiger partial charge in [-0.25, -0.2) is 9.59 Å². The lowest BCUT2D eigenvalue weighted by Crippen LogP contribution is -2.29. The number of aromatic nitrogens is 2. The smallest absolute Gasteiger partial charge is 0.434 e. The van der Waals surface area contributed by atoms with Crippen LogP contribution in [0, 0.1) is 5.92 Å². The summed E-state index contributed by atoms with van der Waals surface area (Å²) in [5, 5.41) is 0. The van der Waals surface area contributed by atoms with Crippen molar-refractivity contribution in [3.63, 3.8) is 0 Å². The molecule has 2 N–H and O–H groups in total. The maximum atomic E-state index is 11.8. The van der Waals surface area contributed by atoms with Gasteiger partial charge < -0.3 is 19.9 Å². The largest absolute Gasteiger partial charge is 0.508 e. The van der Waals surface area contributed by atoms with Crippen LogP contribution in [0.15, 0.2) is 17.1 Å².